The van der Waals surface area contributed by atoms with E-state index in [4.69, 9.17) is 4.42 Å². The third-order valence-corrected chi connectivity index (χ3v) is 6.76. The Morgan fingerprint density at radius 3 is 2.55 bits per heavy atom. The van der Waals surface area contributed by atoms with Crippen LogP contribution in [0.3, 0.4) is 0 Å². The molecule has 2 unspecified atom stereocenters. The summed E-state index contributed by atoms with van der Waals surface area (Å²) in [5, 5.41) is 7.25. The highest BCUT2D eigenvalue weighted by Gasteiger charge is 2.31. The van der Waals surface area contributed by atoms with Crippen LogP contribution in [0.2, 0.25) is 0 Å². The van der Waals surface area contributed by atoms with Crippen molar-refractivity contribution in [3.05, 3.63) is 23.7 Å². The smallest absolute Gasteiger partial charge is 0.191 e. The Morgan fingerprint density at radius 2 is 1.90 bits per heavy atom. The van der Waals surface area contributed by atoms with E-state index < -0.39 is 0 Å². The fourth-order valence-electron chi connectivity index (χ4n) is 5.18. The Hall–Kier alpha value is -0.800. The lowest BCUT2D eigenvalue weighted by Crippen LogP contribution is -2.47. The molecule has 2 atom stereocenters. The summed E-state index contributed by atoms with van der Waals surface area (Å²) >= 11 is 0. The zero-order chi connectivity index (χ0) is 19.3. The molecule has 0 radical (unpaired) electrons. The van der Waals surface area contributed by atoms with Gasteiger partial charge in [0.15, 0.2) is 5.96 Å². The summed E-state index contributed by atoms with van der Waals surface area (Å²) in [5.74, 6) is 2.97. The topological polar surface area (TPSA) is 56.0 Å². The van der Waals surface area contributed by atoms with Gasteiger partial charge in [-0.05, 0) is 64.3 Å². The molecule has 7 heteroatoms. The summed E-state index contributed by atoms with van der Waals surface area (Å²) in [6, 6.07) is 5.80. The van der Waals surface area contributed by atoms with Gasteiger partial charge in [0.2, 0.25) is 0 Å². The van der Waals surface area contributed by atoms with Gasteiger partial charge in [-0.25, -0.2) is 0 Å². The average Bonchev–Trinajstić information content (AvgIpc) is 3.48. The van der Waals surface area contributed by atoms with Gasteiger partial charge in [-0.15, -0.1) is 24.0 Å². The summed E-state index contributed by atoms with van der Waals surface area (Å²) in [6.07, 6.45) is 9.37. The minimum Gasteiger partial charge on any atom is -0.465 e. The van der Waals surface area contributed by atoms with Gasteiger partial charge in [0, 0.05) is 38.8 Å². The first-order valence-corrected chi connectivity index (χ1v) is 11.2. The summed E-state index contributed by atoms with van der Waals surface area (Å²) in [6.45, 7) is 7.52. The highest BCUT2D eigenvalue weighted by atomic mass is 127. The van der Waals surface area contributed by atoms with Crippen LogP contribution in [-0.4, -0.2) is 67.6 Å². The summed E-state index contributed by atoms with van der Waals surface area (Å²) < 4.78 is 5.98. The highest BCUT2D eigenvalue weighted by molar-refractivity contribution is 14.0. The van der Waals surface area contributed by atoms with Crippen LogP contribution in [0.25, 0.3) is 0 Å². The van der Waals surface area contributed by atoms with Gasteiger partial charge in [0.05, 0.1) is 6.04 Å². The standard InChI is InChI=1S/C22H37N5O.HI/c1-17-9-10-21(28-17)20(26-12-5-6-13-26)15-24-22(23-2)25-18-11-14-27(16-18)19-7-3-4-8-19;/h9-10,18-20H,3-8,11-16H2,1-2H3,(H2,23,24,25);1H. The number of aryl methyl sites for hydroxylation is 1. The van der Waals surface area contributed by atoms with Crippen molar-refractivity contribution in [2.24, 2.45) is 4.99 Å². The number of halogens is 1. The molecule has 0 aromatic carbocycles. The maximum atomic E-state index is 5.98. The maximum Gasteiger partial charge on any atom is 0.191 e. The van der Waals surface area contributed by atoms with Crippen molar-refractivity contribution in [3.8, 4) is 0 Å². The van der Waals surface area contributed by atoms with E-state index in [1.807, 2.05) is 14.0 Å². The van der Waals surface area contributed by atoms with Crippen molar-refractivity contribution < 1.29 is 4.42 Å². The Morgan fingerprint density at radius 1 is 1.14 bits per heavy atom. The first-order valence-electron chi connectivity index (χ1n) is 11.2. The lowest BCUT2D eigenvalue weighted by Gasteiger charge is -2.27. The number of nitrogens with one attached hydrogen (secondary N) is 2. The van der Waals surface area contributed by atoms with Crippen LogP contribution >= 0.6 is 24.0 Å². The van der Waals surface area contributed by atoms with Gasteiger partial charge in [0.1, 0.15) is 11.5 Å². The number of hydrogen-bond acceptors (Lipinski definition) is 4. The van der Waals surface area contributed by atoms with Crippen LogP contribution in [0.1, 0.15) is 62.5 Å². The second-order valence-electron chi connectivity index (χ2n) is 8.72. The molecule has 164 valence electrons. The number of aliphatic imine (C=N–C) groups is 1. The van der Waals surface area contributed by atoms with Crippen LogP contribution in [0.5, 0.6) is 0 Å². The summed E-state index contributed by atoms with van der Waals surface area (Å²) in [7, 11) is 1.88. The normalized spacial score (nSPS) is 25.3. The van der Waals surface area contributed by atoms with Crippen molar-refractivity contribution in [1.82, 2.24) is 20.4 Å². The molecule has 3 heterocycles. The van der Waals surface area contributed by atoms with E-state index in [1.165, 1.54) is 51.5 Å². The highest BCUT2D eigenvalue weighted by Crippen LogP contribution is 2.27. The maximum absolute atomic E-state index is 5.98. The molecule has 0 amide bonds. The van der Waals surface area contributed by atoms with E-state index in [0.717, 1.165) is 49.7 Å². The molecule has 2 N–H and O–H groups in total. The van der Waals surface area contributed by atoms with E-state index in [0.29, 0.717) is 6.04 Å². The van der Waals surface area contributed by atoms with E-state index >= 15 is 0 Å². The SMILES string of the molecule is CN=C(NCC(c1ccc(C)o1)N1CCCC1)NC1CCN(C2CCCC2)C1.I. The molecule has 3 fully saturated rings. The second kappa shape index (κ2) is 11.0. The number of hydrogen-bond donors (Lipinski definition) is 2. The van der Waals surface area contributed by atoms with Crippen LogP contribution in [0.15, 0.2) is 21.5 Å². The molecule has 2 saturated heterocycles. The second-order valence-corrected chi connectivity index (χ2v) is 8.72. The van der Waals surface area contributed by atoms with Gasteiger partial charge in [-0.3, -0.25) is 14.8 Å². The van der Waals surface area contributed by atoms with E-state index in [2.05, 4.69) is 37.6 Å². The minimum absolute atomic E-state index is 0. The van der Waals surface area contributed by atoms with Crippen LogP contribution in [0, 0.1) is 6.92 Å². The molecule has 4 rings (SSSR count). The Labute approximate surface area is 192 Å². The van der Waals surface area contributed by atoms with E-state index in [9.17, 15) is 0 Å². The molecule has 1 aliphatic carbocycles. The molecule has 2 aliphatic heterocycles. The van der Waals surface area contributed by atoms with E-state index in [-0.39, 0.29) is 30.0 Å². The molecule has 0 bridgehead atoms. The number of guanidine groups is 1. The van der Waals surface area contributed by atoms with E-state index in [1.54, 1.807) is 0 Å². The molecule has 6 nitrogen and oxygen atoms in total. The van der Waals surface area contributed by atoms with Crippen LogP contribution < -0.4 is 10.6 Å². The number of likely N-dealkylation sites (tertiary alicyclic amines) is 2. The number of furan rings is 1. The molecular formula is C22H38IN5O. The van der Waals surface area contributed by atoms with Gasteiger partial charge in [-0.1, -0.05) is 12.8 Å². The fraction of sp³-hybridized carbons (Fsp3) is 0.773. The zero-order valence-corrected chi connectivity index (χ0v) is 20.4. The molecule has 1 saturated carbocycles. The number of nitrogens with zero attached hydrogens (tertiary/aromatic N) is 3. The van der Waals surface area contributed by atoms with Crippen LogP contribution in [0.4, 0.5) is 0 Å². The van der Waals surface area contributed by atoms with Crippen molar-refractivity contribution in [1.29, 1.82) is 0 Å². The van der Waals surface area contributed by atoms with Crippen molar-refractivity contribution in [3.63, 3.8) is 0 Å². The largest absolute Gasteiger partial charge is 0.465 e. The van der Waals surface area contributed by atoms with Gasteiger partial charge < -0.3 is 15.1 Å². The first-order chi connectivity index (χ1) is 13.7. The Bertz CT molecular complexity index is 651. The molecule has 3 aliphatic rings. The quantitative estimate of drug-likeness (QED) is 0.345. The van der Waals surface area contributed by atoms with Gasteiger partial charge >= 0.3 is 0 Å². The first kappa shape index (κ1) is 22.9. The molecule has 1 aromatic heterocycles. The lowest BCUT2D eigenvalue weighted by molar-refractivity contribution is 0.213. The Balaban J connectivity index is 0.00000240. The summed E-state index contributed by atoms with van der Waals surface area (Å²) in [5.41, 5.74) is 0. The van der Waals surface area contributed by atoms with Crippen molar-refractivity contribution in [2.75, 3.05) is 39.8 Å². The van der Waals surface area contributed by atoms with Crippen LogP contribution in [-0.2, 0) is 0 Å². The van der Waals surface area contributed by atoms with Crippen molar-refractivity contribution >= 4 is 29.9 Å². The predicted octanol–water partition coefficient (Wildman–Crippen LogP) is 3.52. The monoisotopic (exact) mass is 515 g/mol. The molecule has 1 aromatic rings. The molecule has 0 spiro atoms. The minimum atomic E-state index is 0. The third-order valence-electron chi connectivity index (χ3n) is 6.76. The predicted molar refractivity (Wildman–Crippen MR) is 129 cm³/mol. The lowest BCUT2D eigenvalue weighted by atomic mass is 10.2. The van der Waals surface area contributed by atoms with Crippen molar-refractivity contribution in [2.45, 2.75) is 70.0 Å². The fourth-order valence-corrected chi connectivity index (χ4v) is 5.18. The van der Waals surface area contributed by atoms with Gasteiger partial charge in [-0.2, -0.15) is 0 Å². The third kappa shape index (κ3) is 5.88. The number of rotatable bonds is 6. The molecule has 29 heavy (non-hydrogen) atoms. The molecular weight excluding hydrogens is 477 g/mol. The Kier molecular flexibility index (Phi) is 8.68. The summed E-state index contributed by atoms with van der Waals surface area (Å²) in [4.78, 5) is 9.73. The average molecular weight is 515 g/mol. The van der Waals surface area contributed by atoms with Gasteiger partial charge in [0.25, 0.3) is 0 Å². The zero-order valence-electron chi connectivity index (χ0n) is 18.0.